The van der Waals surface area contributed by atoms with Crippen molar-refractivity contribution in [2.24, 2.45) is 0 Å². The number of aromatic nitrogens is 2. The van der Waals surface area contributed by atoms with Crippen LogP contribution in [0.3, 0.4) is 0 Å². The third-order valence-corrected chi connectivity index (χ3v) is 3.12. The minimum Gasteiger partial charge on any atom is -0.481 e. The molecule has 1 unspecified atom stereocenters. The number of anilines is 1. The highest BCUT2D eigenvalue weighted by Crippen LogP contribution is 2.26. The maximum atomic E-state index is 10.4. The minimum atomic E-state index is -0.889. The fraction of sp³-hybridized carbons (Fsp3) is 0.286. The van der Waals surface area contributed by atoms with Gasteiger partial charge in [-0.05, 0) is 24.6 Å². The van der Waals surface area contributed by atoms with Gasteiger partial charge in [-0.3, -0.25) is 0 Å². The number of ether oxygens (including phenoxy) is 1. The summed E-state index contributed by atoms with van der Waals surface area (Å²) in [7, 11) is 3.25. The predicted octanol–water partition coefficient (Wildman–Crippen LogP) is 2.57. The number of aliphatic hydroxyl groups excluding tert-OH is 1. The molecule has 0 saturated heterocycles. The highest BCUT2D eigenvalue weighted by molar-refractivity contribution is 6.29. The third kappa shape index (κ3) is 3.18. The lowest BCUT2D eigenvalue weighted by Crippen LogP contribution is -2.24. The second-order valence-electron chi connectivity index (χ2n) is 4.44. The molecule has 0 aromatic carbocycles. The summed E-state index contributed by atoms with van der Waals surface area (Å²) < 4.78 is 5.05. The van der Waals surface area contributed by atoms with E-state index >= 15 is 0 Å². The molecule has 0 radical (unpaired) electrons. The first-order valence-corrected chi connectivity index (χ1v) is 6.44. The summed E-state index contributed by atoms with van der Waals surface area (Å²) in [5, 5.41) is 10.7. The molecule has 0 aliphatic carbocycles. The van der Waals surface area contributed by atoms with Crippen molar-refractivity contribution >= 4 is 17.4 Å². The van der Waals surface area contributed by atoms with Gasteiger partial charge in [0.05, 0.1) is 7.11 Å². The smallest absolute Gasteiger partial charge is 0.214 e. The van der Waals surface area contributed by atoms with E-state index in [2.05, 4.69) is 9.97 Å². The summed E-state index contributed by atoms with van der Waals surface area (Å²) in [6.45, 7) is 1.96. The topological polar surface area (TPSA) is 58.5 Å². The Bertz CT molecular complexity index is 589. The van der Waals surface area contributed by atoms with Gasteiger partial charge in [0.25, 0.3) is 0 Å². The Morgan fingerprint density at radius 2 is 2.10 bits per heavy atom. The van der Waals surface area contributed by atoms with E-state index in [0.29, 0.717) is 17.3 Å². The van der Waals surface area contributed by atoms with Crippen LogP contribution in [0.1, 0.15) is 17.4 Å². The maximum Gasteiger partial charge on any atom is 0.214 e. The summed E-state index contributed by atoms with van der Waals surface area (Å²) in [6.07, 6.45) is 0.859. The Morgan fingerprint density at radius 1 is 1.35 bits per heavy atom. The fourth-order valence-corrected chi connectivity index (χ4v) is 1.97. The highest BCUT2D eigenvalue weighted by Gasteiger charge is 2.17. The Hall–Kier alpha value is -1.85. The molecule has 6 heteroatoms. The van der Waals surface area contributed by atoms with Crippen molar-refractivity contribution < 1.29 is 9.84 Å². The number of pyridine rings is 2. The molecule has 0 spiro atoms. The number of nitrogens with zero attached hydrogens (tertiary/aromatic N) is 3. The molecule has 0 saturated carbocycles. The summed E-state index contributed by atoms with van der Waals surface area (Å²) in [5.74, 6) is 1.02. The zero-order valence-electron chi connectivity index (χ0n) is 11.5. The quantitative estimate of drug-likeness (QED) is 0.693. The Kier molecular flexibility index (Phi) is 4.42. The first-order valence-electron chi connectivity index (χ1n) is 6.06. The van der Waals surface area contributed by atoms with E-state index in [0.717, 1.165) is 5.56 Å². The largest absolute Gasteiger partial charge is 0.481 e. The van der Waals surface area contributed by atoms with E-state index in [-0.39, 0.29) is 5.15 Å². The van der Waals surface area contributed by atoms with Gasteiger partial charge in [-0.1, -0.05) is 17.7 Å². The van der Waals surface area contributed by atoms with E-state index in [1.807, 2.05) is 19.1 Å². The maximum absolute atomic E-state index is 10.4. The van der Waals surface area contributed by atoms with Gasteiger partial charge < -0.3 is 14.7 Å². The summed E-state index contributed by atoms with van der Waals surface area (Å²) in [5.41, 5.74) is 1.65. The lowest BCUT2D eigenvalue weighted by molar-refractivity contribution is 0.177. The average molecular weight is 294 g/mol. The second-order valence-corrected chi connectivity index (χ2v) is 4.83. The zero-order chi connectivity index (χ0) is 14.7. The number of hydrogen-bond acceptors (Lipinski definition) is 5. The zero-order valence-corrected chi connectivity index (χ0v) is 12.3. The van der Waals surface area contributed by atoms with E-state index in [9.17, 15) is 5.11 Å². The Morgan fingerprint density at radius 3 is 2.70 bits per heavy atom. The van der Waals surface area contributed by atoms with Crippen LogP contribution < -0.4 is 9.64 Å². The van der Waals surface area contributed by atoms with Crippen molar-refractivity contribution in [2.75, 3.05) is 19.1 Å². The molecule has 1 N–H and O–H groups in total. The van der Waals surface area contributed by atoms with E-state index in [1.54, 1.807) is 30.3 Å². The standard InChI is InChI=1S/C14H16ClN3O2/c1-9-4-5-12(16-8-9)18(2)14(19)10-6-11(15)17-13(7-10)20-3/h4-8,14,19H,1-3H3. The van der Waals surface area contributed by atoms with Gasteiger partial charge in [0, 0.05) is 24.9 Å². The molecule has 2 aromatic rings. The van der Waals surface area contributed by atoms with Crippen LogP contribution in [0.4, 0.5) is 5.82 Å². The van der Waals surface area contributed by atoms with Crippen molar-refractivity contribution in [2.45, 2.75) is 13.2 Å². The van der Waals surface area contributed by atoms with Crippen LogP contribution in [-0.2, 0) is 0 Å². The van der Waals surface area contributed by atoms with Crippen molar-refractivity contribution in [3.63, 3.8) is 0 Å². The third-order valence-electron chi connectivity index (χ3n) is 2.92. The molecule has 0 aliphatic rings. The lowest BCUT2D eigenvalue weighted by atomic mass is 10.2. The number of rotatable bonds is 4. The van der Waals surface area contributed by atoms with Crippen LogP contribution >= 0.6 is 11.6 Å². The first-order chi connectivity index (χ1) is 9.51. The van der Waals surface area contributed by atoms with Gasteiger partial charge >= 0.3 is 0 Å². The van der Waals surface area contributed by atoms with E-state index in [1.165, 1.54) is 7.11 Å². The normalized spacial score (nSPS) is 12.1. The van der Waals surface area contributed by atoms with Crippen LogP contribution in [0.2, 0.25) is 5.15 Å². The number of hydrogen-bond donors (Lipinski definition) is 1. The minimum absolute atomic E-state index is 0.267. The molecule has 106 valence electrons. The van der Waals surface area contributed by atoms with Crippen LogP contribution in [0.25, 0.3) is 0 Å². The Labute approximate surface area is 122 Å². The molecule has 2 rings (SSSR count). The molecule has 20 heavy (non-hydrogen) atoms. The van der Waals surface area contributed by atoms with Gasteiger partial charge in [0.2, 0.25) is 5.88 Å². The lowest BCUT2D eigenvalue weighted by Gasteiger charge is -2.25. The summed E-state index contributed by atoms with van der Waals surface area (Å²) >= 11 is 5.91. The van der Waals surface area contributed by atoms with Crippen LogP contribution in [0.15, 0.2) is 30.5 Å². The molecule has 0 fully saturated rings. The van der Waals surface area contributed by atoms with Crippen molar-refractivity contribution in [3.8, 4) is 5.88 Å². The number of halogens is 1. The summed E-state index contributed by atoms with van der Waals surface area (Å²) in [6, 6.07) is 7.02. The van der Waals surface area contributed by atoms with Crippen LogP contribution in [0.5, 0.6) is 5.88 Å². The number of methoxy groups -OCH3 is 1. The number of aliphatic hydroxyl groups is 1. The molecular weight excluding hydrogens is 278 g/mol. The van der Waals surface area contributed by atoms with Crippen molar-refractivity contribution in [3.05, 3.63) is 46.7 Å². The monoisotopic (exact) mass is 293 g/mol. The molecule has 0 amide bonds. The first kappa shape index (κ1) is 14.6. The van der Waals surface area contributed by atoms with Gasteiger partial charge in [-0.25, -0.2) is 9.97 Å². The van der Waals surface area contributed by atoms with Gasteiger partial charge in [-0.2, -0.15) is 0 Å². The number of aryl methyl sites for hydroxylation is 1. The SMILES string of the molecule is COc1cc(C(O)N(C)c2ccc(C)cn2)cc(Cl)n1. The predicted molar refractivity (Wildman–Crippen MR) is 78.1 cm³/mol. The van der Waals surface area contributed by atoms with E-state index < -0.39 is 6.23 Å². The second kappa shape index (κ2) is 6.07. The molecule has 5 nitrogen and oxygen atoms in total. The van der Waals surface area contributed by atoms with Crippen LogP contribution in [0, 0.1) is 6.92 Å². The molecular formula is C14H16ClN3O2. The average Bonchev–Trinajstić information content (AvgIpc) is 2.45. The van der Waals surface area contributed by atoms with Crippen molar-refractivity contribution in [1.29, 1.82) is 0 Å². The van der Waals surface area contributed by atoms with E-state index in [4.69, 9.17) is 16.3 Å². The molecule has 0 aliphatic heterocycles. The fourth-order valence-electron chi connectivity index (χ4n) is 1.76. The molecule has 2 aromatic heterocycles. The van der Waals surface area contributed by atoms with Gasteiger partial charge in [0.15, 0.2) is 6.23 Å². The molecule has 2 heterocycles. The van der Waals surface area contributed by atoms with Crippen LogP contribution in [-0.4, -0.2) is 29.2 Å². The summed E-state index contributed by atoms with van der Waals surface area (Å²) in [4.78, 5) is 9.90. The molecule has 1 atom stereocenters. The Balaban J connectivity index is 2.28. The van der Waals surface area contributed by atoms with Gasteiger partial charge in [0.1, 0.15) is 11.0 Å². The van der Waals surface area contributed by atoms with Crippen molar-refractivity contribution in [1.82, 2.24) is 9.97 Å². The van der Waals surface area contributed by atoms with Gasteiger partial charge in [-0.15, -0.1) is 0 Å². The molecule has 0 bridgehead atoms. The highest BCUT2D eigenvalue weighted by atomic mass is 35.5.